The highest BCUT2D eigenvalue weighted by Crippen LogP contribution is 2.50. The van der Waals surface area contributed by atoms with Crippen molar-refractivity contribution in [2.75, 3.05) is 18.8 Å². The average Bonchev–Trinajstić information content (AvgIpc) is 3.28. The summed E-state index contributed by atoms with van der Waals surface area (Å²) in [6, 6.07) is 35.3. The molecule has 0 amide bonds. The third-order valence-corrected chi connectivity index (χ3v) is 7.89. The number of aromatic nitrogens is 2. The zero-order chi connectivity index (χ0) is 24.0. The Balaban J connectivity index is 1.63. The van der Waals surface area contributed by atoms with Crippen molar-refractivity contribution in [3.63, 3.8) is 0 Å². The predicted molar refractivity (Wildman–Crippen MR) is 149 cm³/mol. The lowest BCUT2D eigenvalue weighted by molar-refractivity contribution is 0.661. The van der Waals surface area contributed by atoms with Crippen molar-refractivity contribution in [3.05, 3.63) is 103 Å². The Labute approximate surface area is 206 Å². The normalized spacial score (nSPS) is 12.3. The van der Waals surface area contributed by atoms with Crippen LogP contribution in [0.25, 0.3) is 55.8 Å². The molecule has 4 aromatic carbocycles. The molecule has 3 nitrogen and oxygen atoms in total. The van der Waals surface area contributed by atoms with Crippen LogP contribution in [0.4, 0.5) is 0 Å². The van der Waals surface area contributed by atoms with Gasteiger partial charge in [-0.25, -0.2) is 20.0 Å². The van der Waals surface area contributed by atoms with Crippen molar-refractivity contribution in [3.8, 4) is 33.9 Å². The van der Waals surface area contributed by atoms with Crippen molar-refractivity contribution < 1.29 is 4.42 Å². The summed E-state index contributed by atoms with van der Waals surface area (Å²) in [5.74, 6) is 0.704. The third-order valence-electron chi connectivity index (χ3n) is 6.25. The number of hydrogen-bond acceptors (Lipinski definition) is 3. The van der Waals surface area contributed by atoms with E-state index in [1.807, 2.05) is 48.5 Å². The second kappa shape index (κ2) is 8.40. The number of benzene rings is 4. The molecular formula is C31H26N2OS. The Hall–Kier alpha value is -3.89. The van der Waals surface area contributed by atoms with Crippen molar-refractivity contribution in [2.45, 2.75) is 4.90 Å². The second-order valence-corrected chi connectivity index (χ2v) is 13.6. The van der Waals surface area contributed by atoms with Gasteiger partial charge in [0, 0.05) is 32.4 Å². The Kier molecular flexibility index (Phi) is 5.19. The van der Waals surface area contributed by atoms with Gasteiger partial charge in [0.1, 0.15) is 11.2 Å². The second-order valence-electron chi connectivity index (χ2n) is 9.45. The van der Waals surface area contributed by atoms with E-state index >= 15 is 0 Å². The fourth-order valence-electron chi connectivity index (χ4n) is 4.54. The van der Waals surface area contributed by atoms with Crippen LogP contribution in [0.5, 0.6) is 0 Å². The summed E-state index contributed by atoms with van der Waals surface area (Å²) in [5.41, 5.74) is 6.62. The van der Waals surface area contributed by atoms with Crippen LogP contribution < -0.4 is 0 Å². The highest BCUT2D eigenvalue weighted by atomic mass is 32.3. The molecular weight excluding hydrogens is 448 g/mol. The number of para-hydroxylation sites is 2. The SMILES string of the molecule is CS(C)(C)c1cccc2c1oc1c(-c3cc(-c4ccccc4)nc(-c4ccccc4)n3)cccc12. The monoisotopic (exact) mass is 474 g/mol. The van der Waals surface area contributed by atoms with Gasteiger partial charge in [-0.2, -0.15) is 0 Å². The van der Waals surface area contributed by atoms with E-state index in [1.165, 1.54) is 4.90 Å². The molecule has 0 fully saturated rings. The standard InChI is InChI=1S/C31H26N2OS/c1-35(2,3)28-19-11-17-24-23-16-10-18-25(29(23)34-30(24)28)27-20-26(21-12-6-4-7-13-21)32-31(33-27)22-14-8-5-9-15-22/h4-20H,1-3H3. The minimum absolute atomic E-state index is 0.704. The smallest absolute Gasteiger partial charge is 0.160 e. The first-order chi connectivity index (χ1) is 17.0. The molecule has 0 saturated carbocycles. The van der Waals surface area contributed by atoms with Crippen molar-refractivity contribution >= 4 is 32.0 Å². The molecule has 0 atom stereocenters. The first-order valence-corrected chi connectivity index (χ1v) is 14.5. The summed E-state index contributed by atoms with van der Waals surface area (Å²) in [6.07, 6.45) is 6.91. The van der Waals surface area contributed by atoms with Gasteiger partial charge in [0.2, 0.25) is 0 Å². The molecule has 0 aliphatic carbocycles. The lowest BCUT2D eigenvalue weighted by Crippen LogP contribution is -1.96. The first-order valence-electron chi connectivity index (χ1n) is 11.6. The van der Waals surface area contributed by atoms with Crippen molar-refractivity contribution in [1.82, 2.24) is 9.97 Å². The largest absolute Gasteiger partial charge is 0.454 e. The van der Waals surface area contributed by atoms with E-state index in [-0.39, 0.29) is 0 Å². The van der Waals surface area contributed by atoms with E-state index in [9.17, 15) is 0 Å². The summed E-state index contributed by atoms with van der Waals surface area (Å²) < 4.78 is 6.65. The van der Waals surface area contributed by atoms with Crippen molar-refractivity contribution in [2.24, 2.45) is 0 Å². The Morgan fingerprint density at radius 2 is 1.17 bits per heavy atom. The van der Waals surface area contributed by atoms with Crippen LogP contribution in [0.2, 0.25) is 0 Å². The Morgan fingerprint density at radius 3 is 1.86 bits per heavy atom. The molecule has 0 bridgehead atoms. The van der Waals surface area contributed by atoms with Crippen LogP contribution in [0.15, 0.2) is 112 Å². The number of furan rings is 1. The maximum absolute atomic E-state index is 6.65. The lowest BCUT2D eigenvalue weighted by Gasteiger charge is -2.25. The van der Waals surface area contributed by atoms with Gasteiger partial charge in [0.25, 0.3) is 0 Å². The number of nitrogens with zero attached hydrogens (tertiary/aromatic N) is 2. The van der Waals surface area contributed by atoms with E-state index in [1.54, 1.807) is 0 Å². The Bertz CT molecular complexity index is 1610. The maximum atomic E-state index is 6.65. The summed E-state index contributed by atoms with van der Waals surface area (Å²) in [4.78, 5) is 11.2. The van der Waals surface area contributed by atoms with Gasteiger partial charge in [-0.05, 0) is 37.0 Å². The molecule has 0 aliphatic rings. The highest BCUT2D eigenvalue weighted by molar-refractivity contribution is 8.32. The zero-order valence-electron chi connectivity index (χ0n) is 20.0. The number of hydrogen-bond donors (Lipinski definition) is 0. The molecule has 2 aromatic heterocycles. The summed E-state index contributed by atoms with van der Waals surface area (Å²) in [6.45, 7) is 0. The van der Waals surface area contributed by atoms with Gasteiger partial charge >= 0.3 is 0 Å². The minimum atomic E-state index is -0.959. The van der Waals surface area contributed by atoms with Crippen LogP contribution in [-0.2, 0) is 0 Å². The van der Waals surface area contributed by atoms with E-state index in [0.29, 0.717) is 5.82 Å². The minimum Gasteiger partial charge on any atom is -0.454 e. The third kappa shape index (κ3) is 3.90. The van der Waals surface area contributed by atoms with Crippen LogP contribution in [0.3, 0.4) is 0 Å². The topological polar surface area (TPSA) is 38.9 Å². The fraction of sp³-hybridized carbons (Fsp3) is 0.0968. The van der Waals surface area contributed by atoms with Crippen LogP contribution >= 0.6 is 10.0 Å². The van der Waals surface area contributed by atoms with Gasteiger partial charge in [-0.3, -0.25) is 0 Å². The number of rotatable bonds is 4. The van der Waals surface area contributed by atoms with Crippen LogP contribution in [0, 0.1) is 0 Å². The fourth-order valence-corrected chi connectivity index (χ4v) is 5.73. The molecule has 0 unspecified atom stereocenters. The molecule has 6 aromatic rings. The van der Waals surface area contributed by atoms with Gasteiger partial charge < -0.3 is 4.42 Å². The molecule has 0 spiro atoms. The van der Waals surface area contributed by atoms with E-state index in [4.69, 9.17) is 14.4 Å². The van der Waals surface area contributed by atoms with Gasteiger partial charge in [0.05, 0.1) is 11.4 Å². The molecule has 2 heterocycles. The zero-order valence-corrected chi connectivity index (χ0v) is 20.8. The Morgan fingerprint density at radius 1 is 0.571 bits per heavy atom. The summed E-state index contributed by atoms with van der Waals surface area (Å²) in [7, 11) is -0.959. The van der Waals surface area contributed by atoms with Gasteiger partial charge in [-0.15, -0.1) is 0 Å². The number of fused-ring (bicyclic) bond motifs is 3. The molecule has 0 aliphatic heterocycles. The quantitative estimate of drug-likeness (QED) is 0.257. The molecule has 35 heavy (non-hydrogen) atoms. The molecule has 0 radical (unpaired) electrons. The average molecular weight is 475 g/mol. The van der Waals surface area contributed by atoms with E-state index in [2.05, 4.69) is 73.4 Å². The highest BCUT2D eigenvalue weighted by Gasteiger charge is 2.20. The predicted octanol–water partition coefficient (Wildman–Crippen LogP) is 8.43. The van der Waals surface area contributed by atoms with E-state index < -0.39 is 10.0 Å². The van der Waals surface area contributed by atoms with Gasteiger partial charge in [-0.1, -0.05) is 84.9 Å². The molecule has 0 N–H and O–H groups in total. The molecule has 172 valence electrons. The summed E-state index contributed by atoms with van der Waals surface area (Å²) in [5, 5.41) is 2.27. The van der Waals surface area contributed by atoms with Crippen LogP contribution in [-0.4, -0.2) is 28.7 Å². The maximum Gasteiger partial charge on any atom is 0.160 e. The summed E-state index contributed by atoms with van der Waals surface area (Å²) >= 11 is 0. The van der Waals surface area contributed by atoms with Crippen LogP contribution in [0.1, 0.15) is 0 Å². The van der Waals surface area contributed by atoms with Gasteiger partial charge in [0.15, 0.2) is 5.82 Å². The molecule has 4 heteroatoms. The molecule has 0 saturated heterocycles. The van der Waals surface area contributed by atoms with Crippen molar-refractivity contribution in [1.29, 1.82) is 0 Å². The first kappa shape index (κ1) is 21.6. The molecule has 6 rings (SSSR count). The van der Waals surface area contributed by atoms with E-state index in [0.717, 1.165) is 50.0 Å². The lowest BCUT2D eigenvalue weighted by atomic mass is 10.0.